The molecule has 0 fully saturated rings. The summed E-state index contributed by atoms with van der Waals surface area (Å²) >= 11 is 0. The van der Waals surface area contributed by atoms with Crippen molar-refractivity contribution >= 4 is 13.8 Å². The lowest BCUT2D eigenvalue weighted by atomic mass is 9.61. The highest BCUT2D eigenvalue weighted by Gasteiger charge is 2.17. The molecule has 10 heavy (non-hydrogen) atoms. The Morgan fingerprint density at radius 2 is 2.20 bits per heavy atom. The fraction of sp³-hybridized carbons (Fsp3) is 0.857. The molecule has 0 aliphatic heterocycles. The van der Waals surface area contributed by atoms with Gasteiger partial charge in [-0.2, -0.15) is 0 Å². The van der Waals surface area contributed by atoms with E-state index in [9.17, 15) is 4.79 Å². The van der Waals surface area contributed by atoms with Gasteiger partial charge in [-0.15, -0.1) is 0 Å². The van der Waals surface area contributed by atoms with Gasteiger partial charge in [-0.05, 0) is 5.31 Å². The van der Waals surface area contributed by atoms with Gasteiger partial charge >= 0.3 is 0 Å². The van der Waals surface area contributed by atoms with Crippen molar-refractivity contribution in [3.63, 3.8) is 0 Å². The van der Waals surface area contributed by atoms with Crippen molar-refractivity contribution in [3.8, 4) is 0 Å². The van der Waals surface area contributed by atoms with Crippen molar-refractivity contribution in [1.82, 2.24) is 5.23 Å². The maximum atomic E-state index is 9.91. The second-order valence-electron chi connectivity index (χ2n) is 3.17. The Kier molecular flexibility index (Phi) is 4.16. The molecule has 0 saturated heterocycles. The van der Waals surface area contributed by atoms with Crippen LogP contribution in [0, 0.1) is 0 Å². The maximum absolute atomic E-state index is 9.91. The van der Waals surface area contributed by atoms with Crippen molar-refractivity contribution in [2.45, 2.75) is 38.9 Å². The molecule has 2 nitrogen and oxygen atoms in total. The minimum absolute atomic E-state index is 0.135. The molecule has 0 saturated carbocycles. The molecule has 0 aliphatic rings. The third-order valence-corrected chi connectivity index (χ3v) is 1.44. The topological polar surface area (TPSA) is 29.1 Å². The van der Waals surface area contributed by atoms with Gasteiger partial charge in [0.1, 0.15) is 0 Å². The molecule has 0 heterocycles. The van der Waals surface area contributed by atoms with Gasteiger partial charge < -0.3 is 5.23 Å². The molecule has 1 radical (unpaired) electrons. The van der Waals surface area contributed by atoms with E-state index in [1.165, 1.54) is 0 Å². The second-order valence-corrected chi connectivity index (χ2v) is 3.17. The molecule has 0 unspecified atom stereocenters. The maximum Gasteiger partial charge on any atom is 0.252 e. The monoisotopic (exact) mass is 140 g/mol. The minimum atomic E-state index is 0.135. The van der Waals surface area contributed by atoms with Crippen LogP contribution in [0.25, 0.3) is 0 Å². The molecule has 0 bridgehead atoms. The standard InChI is InChI=1S/C7H15BNO/c1-4-5-7(2,3)8-9-6-10/h6H,4-5H2,1-3H3,(H,9,10). The molecule has 0 atom stereocenters. The van der Waals surface area contributed by atoms with Gasteiger partial charge in [0.25, 0.3) is 7.41 Å². The summed E-state index contributed by atoms with van der Waals surface area (Å²) in [6, 6.07) is 0. The Balaban J connectivity index is 3.51. The van der Waals surface area contributed by atoms with E-state index in [0.717, 1.165) is 12.8 Å². The van der Waals surface area contributed by atoms with E-state index in [-0.39, 0.29) is 5.31 Å². The van der Waals surface area contributed by atoms with E-state index < -0.39 is 0 Å². The van der Waals surface area contributed by atoms with E-state index in [1.807, 2.05) is 7.41 Å². The first-order valence-electron chi connectivity index (χ1n) is 3.66. The molecule has 0 aliphatic carbocycles. The zero-order valence-electron chi connectivity index (χ0n) is 6.98. The van der Waals surface area contributed by atoms with Crippen LogP contribution in [0.2, 0.25) is 5.31 Å². The average molecular weight is 140 g/mol. The normalized spacial score (nSPS) is 10.7. The molecule has 0 aromatic carbocycles. The molecule has 0 rings (SSSR count). The smallest absolute Gasteiger partial charge is 0.252 e. The Morgan fingerprint density at radius 3 is 2.60 bits per heavy atom. The molecular formula is C7H15BNO. The summed E-state index contributed by atoms with van der Waals surface area (Å²) in [7, 11) is 1.84. The first kappa shape index (κ1) is 9.53. The predicted octanol–water partition coefficient (Wildman–Crippen LogP) is 1.35. The Morgan fingerprint density at radius 1 is 1.60 bits per heavy atom. The van der Waals surface area contributed by atoms with Gasteiger partial charge in [0, 0.05) is 0 Å². The van der Waals surface area contributed by atoms with Crippen LogP contribution in [0.15, 0.2) is 0 Å². The van der Waals surface area contributed by atoms with Gasteiger partial charge in [-0.3, -0.25) is 4.79 Å². The molecule has 57 valence electrons. The van der Waals surface area contributed by atoms with Crippen molar-refractivity contribution in [2.75, 3.05) is 0 Å². The number of hydrogen-bond donors (Lipinski definition) is 1. The van der Waals surface area contributed by atoms with Crippen LogP contribution in [-0.2, 0) is 4.79 Å². The van der Waals surface area contributed by atoms with Crippen LogP contribution in [0.5, 0.6) is 0 Å². The Hall–Kier alpha value is -0.465. The summed E-state index contributed by atoms with van der Waals surface area (Å²) in [5.41, 5.74) is 0. The fourth-order valence-electron chi connectivity index (χ4n) is 0.976. The molecule has 0 aromatic rings. The summed E-state index contributed by atoms with van der Waals surface area (Å²) in [6.45, 7) is 6.34. The molecule has 1 amide bonds. The second kappa shape index (κ2) is 4.37. The van der Waals surface area contributed by atoms with Gasteiger partial charge in [0.2, 0.25) is 0 Å². The molecule has 0 spiro atoms. The summed E-state index contributed by atoms with van der Waals surface area (Å²) in [6.07, 6.45) is 2.95. The van der Waals surface area contributed by atoms with E-state index in [0.29, 0.717) is 6.41 Å². The van der Waals surface area contributed by atoms with Crippen LogP contribution < -0.4 is 5.23 Å². The summed E-state index contributed by atoms with van der Waals surface area (Å²) in [4.78, 5) is 9.91. The highest BCUT2D eigenvalue weighted by Crippen LogP contribution is 2.27. The number of rotatable bonds is 5. The fourth-order valence-corrected chi connectivity index (χ4v) is 0.976. The zero-order valence-corrected chi connectivity index (χ0v) is 6.98. The quantitative estimate of drug-likeness (QED) is 0.453. The van der Waals surface area contributed by atoms with Crippen LogP contribution >= 0.6 is 0 Å². The third-order valence-electron chi connectivity index (χ3n) is 1.44. The lowest BCUT2D eigenvalue weighted by Crippen LogP contribution is -2.27. The number of hydrogen-bond acceptors (Lipinski definition) is 1. The number of amides is 1. The first-order chi connectivity index (χ1) is 4.62. The van der Waals surface area contributed by atoms with E-state index >= 15 is 0 Å². The minimum Gasteiger partial charge on any atom is -0.405 e. The average Bonchev–Trinajstić information content (AvgIpc) is 1.84. The van der Waals surface area contributed by atoms with Crippen LogP contribution in [-0.4, -0.2) is 13.8 Å². The SMILES string of the molecule is CCCC(C)(C)[B]NC=O. The van der Waals surface area contributed by atoms with E-state index in [1.54, 1.807) is 0 Å². The Labute approximate surface area is 63.7 Å². The first-order valence-corrected chi connectivity index (χ1v) is 3.66. The molecule has 0 aromatic heterocycles. The predicted molar refractivity (Wildman–Crippen MR) is 43.9 cm³/mol. The molecule has 3 heteroatoms. The largest absolute Gasteiger partial charge is 0.405 e. The molecule has 1 N–H and O–H groups in total. The van der Waals surface area contributed by atoms with Crippen molar-refractivity contribution < 1.29 is 4.79 Å². The zero-order chi connectivity index (χ0) is 8.04. The van der Waals surface area contributed by atoms with Crippen LogP contribution in [0.4, 0.5) is 0 Å². The summed E-state index contributed by atoms with van der Waals surface area (Å²) in [5.74, 6) is 0. The van der Waals surface area contributed by atoms with E-state index in [4.69, 9.17) is 0 Å². The lowest BCUT2D eigenvalue weighted by molar-refractivity contribution is -0.108. The van der Waals surface area contributed by atoms with Crippen LogP contribution in [0.1, 0.15) is 33.6 Å². The van der Waals surface area contributed by atoms with Gasteiger partial charge in [0.15, 0.2) is 6.41 Å². The summed E-state index contributed by atoms with van der Waals surface area (Å²) < 4.78 is 0. The van der Waals surface area contributed by atoms with Gasteiger partial charge in [-0.25, -0.2) is 0 Å². The number of nitrogens with one attached hydrogen (secondary N) is 1. The third kappa shape index (κ3) is 4.42. The number of carbonyl (C=O) groups is 1. The molecular weight excluding hydrogens is 125 g/mol. The van der Waals surface area contributed by atoms with Crippen molar-refractivity contribution in [2.24, 2.45) is 0 Å². The lowest BCUT2D eigenvalue weighted by Gasteiger charge is -2.20. The van der Waals surface area contributed by atoms with Gasteiger partial charge in [0.05, 0.1) is 0 Å². The van der Waals surface area contributed by atoms with Crippen molar-refractivity contribution in [3.05, 3.63) is 0 Å². The number of carbonyl (C=O) groups excluding carboxylic acids is 1. The van der Waals surface area contributed by atoms with Crippen molar-refractivity contribution in [1.29, 1.82) is 0 Å². The Bertz CT molecular complexity index is 104. The summed E-state index contributed by atoms with van der Waals surface area (Å²) in [5, 5.41) is 2.70. The van der Waals surface area contributed by atoms with Gasteiger partial charge in [-0.1, -0.05) is 33.6 Å². The highest BCUT2D eigenvalue weighted by atomic mass is 16.1. The highest BCUT2D eigenvalue weighted by molar-refractivity contribution is 6.39. The van der Waals surface area contributed by atoms with E-state index in [2.05, 4.69) is 26.0 Å². The van der Waals surface area contributed by atoms with Crippen LogP contribution in [0.3, 0.4) is 0 Å².